The van der Waals surface area contributed by atoms with Crippen LogP contribution in [0, 0.1) is 0 Å². The van der Waals surface area contributed by atoms with E-state index < -0.39 is 0 Å². The normalized spacial score (nSPS) is 16.2. The summed E-state index contributed by atoms with van der Waals surface area (Å²) in [5.41, 5.74) is 1.46. The van der Waals surface area contributed by atoms with Crippen molar-refractivity contribution in [2.75, 3.05) is 0 Å². The van der Waals surface area contributed by atoms with Crippen molar-refractivity contribution in [2.45, 2.75) is 38.0 Å². The minimum absolute atomic E-state index is 0.757. The van der Waals surface area contributed by atoms with Crippen LogP contribution in [0.3, 0.4) is 0 Å². The standard InChI is InChI=1S/C17H20NO/c1-3-7-15(8-4-1)16-9-11-17(12-10-16)19-18-13-5-2-6-14-18/h2,5-6,9-15H,1,3-4,7-8H2/q+1. The highest BCUT2D eigenvalue weighted by atomic mass is 16.7. The van der Waals surface area contributed by atoms with E-state index in [1.54, 1.807) is 4.73 Å². The fraction of sp³-hybridized carbons (Fsp3) is 0.353. The maximum absolute atomic E-state index is 5.74. The van der Waals surface area contributed by atoms with Crippen LogP contribution >= 0.6 is 0 Å². The molecule has 2 aromatic rings. The third-order valence-corrected chi connectivity index (χ3v) is 3.86. The van der Waals surface area contributed by atoms with E-state index in [0.29, 0.717) is 0 Å². The molecule has 0 aliphatic heterocycles. The molecule has 19 heavy (non-hydrogen) atoms. The molecule has 1 saturated carbocycles. The van der Waals surface area contributed by atoms with Gasteiger partial charge in [-0.25, -0.2) is 4.84 Å². The van der Waals surface area contributed by atoms with Crippen LogP contribution in [-0.4, -0.2) is 0 Å². The van der Waals surface area contributed by atoms with Crippen molar-refractivity contribution < 1.29 is 9.57 Å². The quantitative estimate of drug-likeness (QED) is 0.758. The molecule has 98 valence electrons. The SMILES string of the molecule is c1cc[n+](Oc2ccc(C3CCCCC3)cc2)cc1. The number of pyridine rings is 1. The summed E-state index contributed by atoms with van der Waals surface area (Å²) < 4.78 is 1.72. The molecule has 0 unspecified atom stereocenters. The first-order valence-electron chi connectivity index (χ1n) is 7.16. The van der Waals surface area contributed by atoms with Crippen LogP contribution < -0.4 is 9.57 Å². The Balaban J connectivity index is 1.68. The van der Waals surface area contributed by atoms with E-state index in [-0.39, 0.29) is 0 Å². The Labute approximate surface area is 114 Å². The largest absolute Gasteiger partial charge is 0.232 e. The van der Waals surface area contributed by atoms with Crippen LogP contribution in [0.25, 0.3) is 0 Å². The van der Waals surface area contributed by atoms with Gasteiger partial charge in [0.05, 0.1) is 0 Å². The number of hydrogen-bond donors (Lipinski definition) is 0. The van der Waals surface area contributed by atoms with E-state index in [1.165, 1.54) is 37.7 Å². The molecule has 3 rings (SSSR count). The van der Waals surface area contributed by atoms with E-state index in [9.17, 15) is 0 Å². The lowest BCUT2D eigenvalue weighted by atomic mass is 9.84. The molecule has 1 fully saturated rings. The molecule has 0 bridgehead atoms. The van der Waals surface area contributed by atoms with Crippen LogP contribution in [0.4, 0.5) is 0 Å². The molecule has 0 N–H and O–H groups in total. The number of nitrogens with zero attached hydrogens (tertiary/aromatic N) is 1. The van der Waals surface area contributed by atoms with Crippen LogP contribution in [0.5, 0.6) is 5.75 Å². The Morgan fingerprint density at radius 3 is 2.21 bits per heavy atom. The maximum atomic E-state index is 5.74. The predicted octanol–water partition coefficient (Wildman–Crippen LogP) is 3.86. The van der Waals surface area contributed by atoms with E-state index in [2.05, 4.69) is 24.3 Å². The second kappa shape index (κ2) is 5.87. The van der Waals surface area contributed by atoms with Gasteiger partial charge in [0.2, 0.25) is 18.1 Å². The average molecular weight is 254 g/mol. The van der Waals surface area contributed by atoms with Gasteiger partial charge in [-0.05, 0) is 36.5 Å². The molecule has 1 aliphatic carbocycles. The molecular formula is C17H20NO+. The Morgan fingerprint density at radius 2 is 1.53 bits per heavy atom. The first-order chi connectivity index (χ1) is 9.42. The monoisotopic (exact) mass is 254 g/mol. The Bertz CT molecular complexity index is 501. The zero-order chi connectivity index (χ0) is 12.9. The molecule has 0 saturated heterocycles. The Morgan fingerprint density at radius 1 is 0.842 bits per heavy atom. The van der Waals surface area contributed by atoms with E-state index in [1.807, 2.05) is 30.6 Å². The summed E-state index contributed by atoms with van der Waals surface area (Å²) >= 11 is 0. The van der Waals surface area contributed by atoms with Crippen molar-refractivity contribution in [1.82, 2.24) is 0 Å². The molecule has 1 aromatic heterocycles. The maximum Gasteiger partial charge on any atom is 0.223 e. The summed E-state index contributed by atoms with van der Waals surface area (Å²) in [7, 11) is 0. The summed E-state index contributed by atoms with van der Waals surface area (Å²) in [4.78, 5) is 5.74. The smallest absolute Gasteiger partial charge is 0.223 e. The molecular weight excluding hydrogens is 234 g/mol. The van der Waals surface area contributed by atoms with Gasteiger partial charge in [-0.15, -0.1) is 0 Å². The van der Waals surface area contributed by atoms with Gasteiger partial charge in [-0.1, -0.05) is 37.5 Å². The second-order valence-electron chi connectivity index (χ2n) is 5.23. The topological polar surface area (TPSA) is 13.1 Å². The lowest BCUT2D eigenvalue weighted by Crippen LogP contribution is -2.38. The molecule has 1 heterocycles. The van der Waals surface area contributed by atoms with Crippen molar-refractivity contribution in [3.05, 3.63) is 60.4 Å². The zero-order valence-electron chi connectivity index (χ0n) is 11.2. The number of hydrogen-bond acceptors (Lipinski definition) is 1. The van der Waals surface area contributed by atoms with Crippen LogP contribution in [-0.2, 0) is 0 Å². The molecule has 2 nitrogen and oxygen atoms in total. The van der Waals surface area contributed by atoms with E-state index in [4.69, 9.17) is 4.84 Å². The number of aromatic nitrogens is 1. The first kappa shape index (κ1) is 12.2. The van der Waals surface area contributed by atoms with Crippen molar-refractivity contribution in [3.63, 3.8) is 0 Å². The van der Waals surface area contributed by atoms with Gasteiger partial charge < -0.3 is 0 Å². The van der Waals surface area contributed by atoms with Gasteiger partial charge >= 0.3 is 0 Å². The van der Waals surface area contributed by atoms with Crippen molar-refractivity contribution in [1.29, 1.82) is 0 Å². The molecule has 0 amide bonds. The van der Waals surface area contributed by atoms with Gasteiger partial charge in [0.25, 0.3) is 0 Å². The summed E-state index contributed by atoms with van der Waals surface area (Å²) in [5.74, 6) is 1.64. The van der Waals surface area contributed by atoms with Crippen molar-refractivity contribution in [2.24, 2.45) is 0 Å². The highest BCUT2D eigenvalue weighted by molar-refractivity contribution is 5.29. The van der Waals surface area contributed by atoms with Crippen LogP contribution in [0.15, 0.2) is 54.9 Å². The summed E-state index contributed by atoms with van der Waals surface area (Å²) in [6.45, 7) is 0. The highest BCUT2D eigenvalue weighted by Crippen LogP contribution is 2.33. The van der Waals surface area contributed by atoms with E-state index in [0.717, 1.165) is 11.7 Å². The van der Waals surface area contributed by atoms with Gasteiger partial charge in [-0.2, -0.15) is 0 Å². The summed E-state index contributed by atoms with van der Waals surface area (Å²) in [6, 6.07) is 14.5. The fourth-order valence-electron chi connectivity index (χ4n) is 2.80. The van der Waals surface area contributed by atoms with E-state index >= 15 is 0 Å². The third-order valence-electron chi connectivity index (χ3n) is 3.86. The van der Waals surface area contributed by atoms with Crippen LogP contribution in [0.1, 0.15) is 43.6 Å². The average Bonchev–Trinajstić information content (AvgIpc) is 2.50. The lowest BCUT2D eigenvalue weighted by Gasteiger charge is -2.21. The van der Waals surface area contributed by atoms with Gasteiger partial charge in [0.15, 0.2) is 0 Å². The molecule has 2 heteroatoms. The van der Waals surface area contributed by atoms with Gasteiger partial charge in [0.1, 0.15) is 0 Å². The summed E-state index contributed by atoms with van der Waals surface area (Å²) in [5, 5.41) is 0. The molecule has 1 aliphatic rings. The third kappa shape index (κ3) is 3.14. The minimum Gasteiger partial charge on any atom is -0.232 e. The Kier molecular flexibility index (Phi) is 3.78. The lowest BCUT2D eigenvalue weighted by molar-refractivity contribution is -0.875. The fourth-order valence-corrected chi connectivity index (χ4v) is 2.80. The molecule has 1 aromatic carbocycles. The van der Waals surface area contributed by atoms with Crippen molar-refractivity contribution in [3.8, 4) is 5.75 Å². The highest BCUT2D eigenvalue weighted by Gasteiger charge is 2.15. The zero-order valence-corrected chi connectivity index (χ0v) is 11.2. The molecule has 0 radical (unpaired) electrons. The molecule has 0 spiro atoms. The first-order valence-corrected chi connectivity index (χ1v) is 7.16. The number of benzene rings is 1. The molecule has 0 atom stereocenters. The minimum atomic E-state index is 0.757. The predicted molar refractivity (Wildman–Crippen MR) is 74.9 cm³/mol. The van der Waals surface area contributed by atoms with Crippen molar-refractivity contribution >= 4 is 0 Å². The summed E-state index contributed by atoms with van der Waals surface area (Å²) in [6.07, 6.45) is 10.6. The second-order valence-corrected chi connectivity index (χ2v) is 5.23. The van der Waals surface area contributed by atoms with Gasteiger partial charge in [0, 0.05) is 16.9 Å². The Hall–Kier alpha value is -1.83. The van der Waals surface area contributed by atoms with Gasteiger partial charge in [-0.3, -0.25) is 0 Å². The number of rotatable bonds is 3. The van der Waals surface area contributed by atoms with Crippen LogP contribution in [0.2, 0.25) is 0 Å².